The number of aliphatic hydroxyl groups is 1. The van der Waals surface area contributed by atoms with E-state index >= 15 is 0 Å². The Morgan fingerprint density at radius 3 is 3.04 bits per heavy atom. The highest BCUT2D eigenvalue weighted by Gasteiger charge is 2.32. The van der Waals surface area contributed by atoms with Crippen LogP contribution in [0.3, 0.4) is 0 Å². The van der Waals surface area contributed by atoms with Gasteiger partial charge in [0.1, 0.15) is 5.56 Å². The van der Waals surface area contributed by atoms with E-state index in [9.17, 15) is 14.7 Å². The maximum Gasteiger partial charge on any atom is 0.271 e. The summed E-state index contributed by atoms with van der Waals surface area (Å²) in [7, 11) is 0. The molecule has 24 heavy (non-hydrogen) atoms. The molecule has 1 aliphatic carbocycles. The van der Waals surface area contributed by atoms with Gasteiger partial charge < -0.3 is 10.4 Å². The summed E-state index contributed by atoms with van der Waals surface area (Å²) in [5.41, 5.74) is 1.47. The van der Waals surface area contributed by atoms with Crippen LogP contribution in [0.2, 0.25) is 0 Å². The van der Waals surface area contributed by atoms with Gasteiger partial charge in [0.25, 0.3) is 11.5 Å². The van der Waals surface area contributed by atoms with Gasteiger partial charge in [-0.15, -0.1) is 11.3 Å². The first-order valence-corrected chi connectivity index (χ1v) is 8.41. The number of hydrogen-bond donors (Lipinski definition) is 2. The summed E-state index contributed by atoms with van der Waals surface area (Å²) >= 11 is 1.39. The number of fused-ring (bicyclic) bond motifs is 2. The molecule has 7 heteroatoms. The van der Waals surface area contributed by atoms with Crippen molar-refractivity contribution >= 4 is 22.2 Å². The second-order valence-electron chi connectivity index (χ2n) is 5.89. The molecule has 2 aromatic heterocycles. The predicted octanol–water partition coefficient (Wildman–Crippen LogP) is 1.45. The fourth-order valence-electron chi connectivity index (χ4n) is 3.12. The van der Waals surface area contributed by atoms with Crippen LogP contribution in [0.5, 0.6) is 0 Å². The Hall–Kier alpha value is -2.51. The normalized spacial score (nSPS) is 19.4. The first kappa shape index (κ1) is 15.0. The van der Waals surface area contributed by atoms with Gasteiger partial charge in [-0.1, -0.05) is 24.3 Å². The van der Waals surface area contributed by atoms with Gasteiger partial charge in [-0.05, 0) is 18.1 Å². The third-order valence-electron chi connectivity index (χ3n) is 4.26. The van der Waals surface area contributed by atoms with Crippen molar-refractivity contribution in [2.24, 2.45) is 0 Å². The molecule has 0 saturated heterocycles. The molecule has 3 aromatic rings. The van der Waals surface area contributed by atoms with Crippen molar-refractivity contribution < 1.29 is 9.90 Å². The Morgan fingerprint density at radius 1 is 1.42 bits per heavy atom. The van der Waals surface area contributed by atoms with Crippen molar-refractivity contribution in [3.63, 3.8) is 0 Å². The van der Waals surface area contributed by atoms with Gasteiger partial charge in [-0.25, -0.2) is 4.98 Å². The molecular weight excluding hydrogens is 326 g/mol. The van der Waals surface area contributed by atoms with E-state index in [0.717, 1.165) is 16.0 Å². The van der Waals surface area contributed by atoms with Gasteiger partial charge in [-0.3, -0.25) is 14.0 Å². The number of rotatable bonds is 2. The summed E-state index contributed by atoms with van der Waals surface area (Å²) in [5.74, 6) is -0.522. The van der Waals surface area contributed by atoms with Crippen LogP contribution in [-0.2, 0) is 6.42 Å². The van der Waals surface area contributed by atoms with Crippen LogP contribution >= 0.6 is 11.3 Å². The number of aromatic nitrogens is 2. The summed E-state index contributed by atoms with van der Waals surface area (Å²) in [4.78, 5) is 30.7. The van der Waals surface area contributed by atoms with E-state index in [1.807, 2.05) is 31.2 Å². The number of carbonyl (C=O) groups is 1. The lowest BCUT2D eigenvalue weighted by Crippen LogP contribution is -2.37. The van der Waals surface area contributed by atoms with E-state index in [4.69, 9.17) is 0 Å². The van der Waals surface area contributed by atoms with Crippen molar-refractivity contribution in [2.45, 2.75) is 25.5 Å². The fraction of sp³-hybridized carbons (Fsp3) is 0.235. The second kappa shape index (κ2) is 5.54. The van der Waals surface area contributed by atoms with Crippen LogP contribution in [-0.4, -0.2) is 26.5 Å². The van der Waals surface area contributed by atoms with Gasteiger partial charge in [0.15, 0.2) is 4.96 Å². The number of nitrogens with one attached hydrogen (secondary N) is 1. The molecule has 2 atom stereocenters. The Labute approximate surface area is 141 Å². The molecule has 2 N–H and O–H groups in total. The topological polar surface area (TPSA) is 83.7 Å². The standard InChI is InChI=1S/C17H15N3O3S/c1-9-8-20-16(23)12(7-18-17(20)24-9)15(22)19-14-11-5-3-2-4-10(11)6-13(14)21/h2-5,7-8,13-14,21H,6H2,1H3,(H,19,22). The molecule has 1 aromatic carbocycles. The number of aliphatic hydroxyl groups excluding tert-OH is 1. The highest BCUT2D eigenvalue weighted by molar-refractivity contribution is 7.16. The maximum absolute atomic E-state index is 12.6. The molecule has 0 radical (unpaired) electrons. The molecule has 1 amide bonds. The van der Waals surface area contributed by atoms with Crippen LogP contribution < -0.4 is 10.9 Å². The quantitative estimate of drug-likeness (QED) is 0.739. The van der Waals surface area contributed by atoms with E-state index in [1.54, 1.807) is 6.20 Å². The molecule has 1 aliphatic rings. The summed E-state index contributed by atoms with van der Waals surface area (Å²) in [6.07, 6.45) is 2.76. The lowest BCUT2D eigenvalue weighted by Gasteiger charge is -2.17. The van der Waals surface area contributed by atoms with Crippen LogP contribution in [0.25, 0.3) is 4.96 Å². The monoisotopic (exact) mass is 341 g/mol. The van der Waals surface area contributed by atoms with Crippen LogP contribution in [0.15, 0.2) is 41.5 Å². The zero-order valence-corrected chi connectivity index (χ0v) is 13.7. The number of carbonyl (C=O) groups excluding carboxylic acids is 1. The van der Waals surface area contributed by atoms with E-state index < -0.39 is 23.6 Å². The second-order valence-corrected chi connectivity index (χ2v) is 7.11. The van der Waals surface area contributed by atoms with Gasteiger partial charge in [-0.2, -0.15) is 0 Å². The van der Waals surface area contributed by atoms with Gasteiger partial charge in [0.05, 0.1) is 12.1 Å². The maximum atomic E-state index is 12.6. The molecule has 4 rings (SSSR count). The fourth-order valence-corrected chi connectivity index (χ4v) is 3.90. The summed E-state index contributed by atoms with van der Waals surface area (Å²) in [6, 6.07) is 7.07. The Kier molecular flexibility index (Phi) is 3.47. The highest BCUT2D eigenvalue weighted by atomic mass is 32.1. The molecule has 0 aliphatic heterocycles. The van der Waals surface area contributed by atoms with Gasteiger partial charge >= 0.3 is 0 Å². The molecule has 2 heterocycles. The molecule has 6 nitrogen and oxygen atoms in total. The minimum Gasteiger partial charge on any atom is -0.390 e. The number of amides is 1. The molecular formula is C17H15N3O3S. The summed E-state index contributed by atoms with van der Waals surface area (Å²) < 4.78 is 1.38. The van der Waals surface area contributed by atoms with Crippen molar-refractivity contribution in [3.8, 4) is 0 Å². The van der Waals surface area contributed by atoms with Crippen molar-refractivity contribution in [2.75, 3.05) is 0 Å². The minimum atomic E-state index is -0.700. The average Bonchev–Trinajstić information content (AvgIpc) is 3.08. The van der Waals surface area contributed by atoms with E-state index in [1.165, 1.54) is 21.9 Å². The number of thiazole rings is 1. The molecule has 0 bridgehead atoms. The first-order chi connectivity index (χ1) is 11.5. The van der Waals surface area contributed by atoms with E-state index in [-0.39, 0.29) is 5.56 Å². The average molecular weight is 341 g/mol. The molecule has 0 spiro atoms. The Morgan fingerprint density at radius 2 is 2.21 bits per heavy atom. The van der Waals surface area contributed by atoms with Crippen molar-refractivity contribution in [1.29, 1.82) is 0 Å². The third kappa shape index (κ3) is 2.33. The zero-order valence-electron chi connectivity index (χ0n) is 12.9. The van der Waals surface area contributed by atoms with E-state index in [2.05, 4.69) is 10.3 Å². The molecule has 122 valence electrons. The SMILES string of the molecule is Cc1cn2c(=O)c(C(=O)NC3c4ccccc4CC3O)cnc2s1. The number of hydrogen-bond acceptors (Lipinski definition) is 5. The highest BCUT2D eigenvalue weighted by Crippen LogP contribution is 2.31. The molecule has 0 fully saturated rings. The van der Waals surface area contributed by atoms with Gasteiger partial charge in [0, 0.05) is 23.7 Å². The number of aryl methyl sites for hydroxylation is 1. The zero-order chi connectivity index (χ0) is 16.8. The van der Waals surface area contributed by atoms with Crippen LogP contribution in [0.1, 0.15) is 32.4 Å². The molecule has 2 unspecified atom stereocenters. The third-order valence-corrected chi connectivity index (χ3v) is 5.17. The Balaban J connectivity index is 1.68. The first-order valence-electron chi connectivity index (χ1n) is 7.59. The van der Waals surface area contributed by atoms with Crippen LogP contribution in [0.4, 0.5) is 0 Å². The largest absolute Gasteiger partial charge is 0.390 e. The minimum absolute atomic E-state index is 0.0260. The number of nitrogens with zero attached hydrogens (tertiary/aromatic N) is 2. The predicted molar refractivity (Wildman–Crippen MR) is 90.4 cm³/mol. The molecule has 0 saturated carbocycles. The van der Waals surface area contributed by atoms with E-state index in [0.29, 0.717) is 11.4 Å². The van der Waals surface area contributed by atoms with Crippen molar-refractivity contribution in [1.82, 2.24) is 14.7 Å². The van der Waals surface area contributed by atoms with Gasteiger partial charge in [0.2, 0.25) is 0 Å². The Bertz CT molecular complexity index is 1010. The summed E-state index contributed by atoms with van der Waals surface area (Å²) in [5, 5.41) is 13.0. The number of benzene rings is 1. The lowest BCUT2D eigenvalue weighted by atomic mass is 10.1. The smallest absolute Gasteiger partial charge is 0.271 e. The van der Waals surface area contributed by atoms with Crippen LogP contribution in [0, 0.1) is 6.92 Å². The summed E-state index contributed by atoms with van der Waals surface area (Å²) in [6.45, 7) is 1.88. The lowest BCUT2D eigenvalue weighted by molar-refractivity contribution is 0.0856. The van der Waals surface area contributed by atoms with Crippen molar-refractivity contribution in [3.05, 3.63) is 68.6 Å².